The van der Waals surface area contributed by atoms with Crippen LogP contribution in [-0.2, 0) is 4.74 Å². The van der Waals surface area contributed by atoms with Crippen molar-refractivity contribution in [2.45, 2.75) is 37.6 Å². The summed E-state index contributed by atoms with van der Waals surface area (Å²) in [6, 6.07) is 3.10. The maximum absolute atomic E-state index is 5.50. The van der Waals surface area contributed by atoms with Crippen molar-refractivity contribution in [2.75, 3.05) is 26.3 Å². The molecule has 1 aliphatic carbocycles. The minimum atomic E-state index is 0.633. The number of aromatic amines is 1. The van der Waals surface area contributed by atoms with Gasteiger partial charge in [0.25, 0.3) is 0 Å². The number of hydrogen-bond acceptors (Lipinski definition) is 5. The van der Waals surface area contributed by atoms with Crippen LogP contribution in [0.4, 0.5) is 0 Å². The van der Waals surface area contributed by atoms with Crippen molar-refractivity contribution in [3.05, 3.63) is 35.7 Å². The lowest BCUT2D eigenvalue weighted by Gasteiger charge is -2.38. The van der Waals surface area contributed by atoms with Gasteiger partial charge in [-0.05, 0) is 43.2 Å². The maximum atomic E-state index is 5.50. The van der Waals surface area contributed by atoms with E-state index in [9.17, 15) is 0 Å². The molecule has 136 valence electrons. The number of hydrogen-bond donors (Lipinski definition) is 1. The number of nitrogens with one attached hydrogen (secondary N) is 1. The van der Waals surface area contributed by atoms with Crippen molar-refractivity contribution in [1.29, 1.82) is 0 Å². The summed E-state index contributed by atoms with van der Waals surface area (Å²) in [5, 5.41) is 1.22. The molecule has 0 spiro atoms. The molecule has 26 heavy (non-hydrogen) atoms. The van der Waals surface area contributed by atoms with Crippen LogP contribution in [0.1, 0.15) is 37.2 Å². The Kier molecular flexibility index (Phi) is 4.48. The van der Waals surface area contributed by atoms with Gasteiger partial charge in [-0.2, -0.15) is 0 Å². The number of H-pyrrole nitrogens is 1. The minimum absolute atomic E-state index is 0.633. The first-order valence-electron chi connectivity index (χ1n) is 9.56. The monoisotopic (exact) mass is 368 g/mol. The zero-order valence-electron chi connectivity index (χ0n) is 14.9. The van der Waals surface area contributed by atoms with Gasteiger partial charge in [0.15, 0.2) is 0 Å². The average Bonchev–Trinajstić information content (AvgIpc) is 3.38. The van der Waals surface area contributed by atoms with Crippen molar-refractivity contribution in [1.82, 2.24) is 19.9 Å². The van der Waals surface area contributed by atoms with E-state index >= 15 is 0 Å². The summed E-state index contributed by atoms with van der Waals surface area (Å²) >= 11 is 1.68. The Morgan fingerprint density at radius 1 is 1.12 bits per heavy atom. The van der Waals surface area contributed by atoms with Gasteiger partial charge in [0.05, 0.1) is 23.6 Å². The average molecular weight is 369 g/mol. The summed E-state index contributed by atoms with van der Waals surface area (Å²) in [4.78, 5) is 16.1. The van der Waals surface area contributed by atoms with Gasteiger partial charge in [0.1, 0.15) is 5.65 Å². The summed E-state index contributed by atoms with van der Waals surface area (Å²) in [7, 11) is 0. The van der Waals surface area contributed by atoms with E-state index in [4.69, 9.17) is 9.72 Å². The summed E-state index contributed by atoms with van der Waals surface area (Å²) in [5.74, 6) is 0.633. The van der Waals surface area contributed by atoms with Gasteiger partial charge in [0.2, 0.25) is 0 Å². The van der Waals surface area contributed by atoms with Crippen LogP contribution >= 0.6 is 11.3 Å². The molecule has 2 aliphatic rings. The summed E-state index contributed by atoms with van der Waals surface area (Å²) in [6.07, 6.45) is 11.2. The van der Waals surface area contributed by atoms with E-state index < -0.39 is 0 Å². The van der Waals surface area contributed by atoms with Crippen LogP contribution < -0.4 is 0 Å². The Labute approximate surface area is 157 Å². The lowest BCUT2D eigenvalue weighted by Crippen LogP contribution is -2.44. The first kappa shape index (κ1) is 16.4. The van der Waals surface area contributed by atoms with Gasteiger partial charge in [-0.25, -0.2) is 4.98 Å². The third-order valence-electron chi connectivity index (χ3n) is 5.98. The molecular weight excluding hydrogens is 344 g/mol. The number of pyridine rings is 1. The van der Waals surface area contributed by atoms with Gasteiger partial charge in [-0.15, -0.1) is 11.3 Å². The number of aromatic nitrogens is 3. The largest absolute Gasteiger partial charge is 0.379 e. The fourth-order valence-corrected chi connectivity index (χ4v) is 5.17. The fourth-order valence-electron chi connectivity index (χ4n) is 4.51. The van der Waals surface area contributed by atoms with Gasteiger partial charge in [-0.1, -0.05) is 0 Å². The molecule has 1 saturated carbocycles. The SMILES string of the molecule is c1ncc(-c2c[nH]c3ncc([C@H]4CC[C@H](N5CCOCC5)CC4)cc23)s1. The summed E-state index contributed by atoms with van der Waals surface area (Å²) < 4.78 is 5.50. The first-order valence-corrected chi connectivity index (χ1v) is 10.4. The van der Waals surface area contributed by atoms with E-state index in [1.54, 1.807) is 11.3 Å². The van der Waals surface area contributed by atoms with Crippen LogP contribution in [0.2, 0.25) is 0 Å². The lowest BCUT2D eigenvalue weighted by atomic mass is 9.81. The Morgan fingerprint density at radius 3 is 2.73 bits per heavy atom. The van der Waals surface area contributed by atoms with Gasteiger partial charge < -0.3 is 9.72 Å². The molecule has 0 aromatic carbocycles. The zero-order chi connectivity index (χ0) is 17.3. The van der Waals surface area contributed by atoms with Crippen molar-refractivity contribution in [2.24, 2.45) is 0 Å². The predicted octanol–water partition coefficient (Wildman–Crippen LogP) is 4.04. The highest BCUT2D eigenvalue weighted by molar-refractivity contribution is 7.13. The van der Waals surface area contributed by atoms with Crippen LogP contribution in [0.15, 0.2) is 30.2 Å². The quantitative estimate of drug-likeness (QED) is 0.758. The number of fused-ring (bicyclic) bond motifs is 1. The van der Waals surface area contributed by atoms with Crippen LogP contribution in [-0.4, -0.2) is 52.2 Å². The molecule has 0 atom stereocenters. The third-order valence-corrected chi connectivity index (χ3v) is 6.79. The van der Waals surface area contributed by atoms with E-state index in [0.29, 0.717) is 5.92 Å². The number of rotatable bonds is 3. The maximum Gasteiger partial charge on any atom is 0.137 e. The molecule has 5 nitrogen and oxygen atoms in total. The Balaban J connectivity index is 1.34. The predicted molar refractivity (Wildman–Crippen MR) is 105 cm³/mol. The number of thiazole rings is 1. The lowest BCUT2D eigenvalue weighted by molar-refractivity contribution is 0.00729. The van der Waals surface area contributed by atoms with E-state index in [0.717, 1.165) is 38.0 Å². The molecule has 0 radical (unpaired) electrons. The second-order valence-electron chi connectivity index (χ2n) is 7.39. The van der Waals surface area contributed by atoms with Crippen LogP contribution in [0, 0.1) is 0 Å². The number of nitrogens with zero attached hydrogens (tertiary/aromatic N) is 3. The Morgan fingerprint density at radius 2 is 1.96 bits per heavy atom. The highest BCUT2D eigenvalue weighted by atomic mass is 32.1. The van der Waals surface area contributed by atoms with Gasteiger partial charge in [-0.3, -0.25) is 9.88 Å². The fraction of sp³-hybridized carbons (Fsp3) is 0.500. The van der Waals surface area contributed by atoms with Gasteiger partial charge in [0, 0.05) is 48.7 Å². The standard InChI is InChI=1S/C20H24N4OS/c1-3-16(24-5-7-25-8-6-24)4-2-14(1)15-9-17-18(19-12-21-13-26-19)11-23-20(17)22-10-15/h9-14,16H,1-8H2,(H,22,23)/t14-,16-. The molecular formula is C20H24N4OS. The minimum Gasteiger partial charge on any atom is -0.379 e. The Hall–Kier alpha value is -1.76. The second-order valence-corrected chi connectivity index (χ2v) is 8.27. The third kappa shape index (κ3) is 3.06. The van der Waals surface area contributed by atoms with Crippen molar-refractivity contribution < 1.29 is 4.74 Å². The molecule has 0 bridgehead atoms. The zero-order valence-corrected chi connectivity index (χ0v) is 15.7. The molecule has 3 aromatic rings. The van der Waals surface area contributed by atoms with Crippen molar-refractivity contribution in [3.63, 3.8) is 0 Å². The highest BCUT2D eigenvalue weighted by Crippen LogP contribution is 2.37. The van der Waals surface area contributed by atoms with E-state index in [1.807, 2.05) is 11.7 Å². The van der Waals surface area contributed by atoms with E-state index in [1.165, 1.54) is 47.1 Å². The number of ether oxygens (including phenoxy) is 1. The molecule has 1 N–H and O–H groups in total. The first-order chi connectivity index (χ1) is 12.9. The summed E-state index contributed by atoms with van der Waals surface area (Å²) in [6.45, 7) is 4.00. The molecule has 0 unspecified atom stereocenters. The molecule has 3 aromatic heterocycles. The van der Waals surface area contributed by atoms with Crippen LogP contribution in [0.25, 0.3) is 21.5 Å². The molecule has 6 heteroatoms. The van der Waals surface area contributed by atoms with Gasteiger partial charge >= 0.3 is 0 Å². The molecule has 4 heterocycles. The topological polar surface area (TPSA) is 54.0 Å². The smallest absolute Gasteiger partial charge is 0.137 e. The second kappa shape index (κ2) is 7.10. The Bertz CT molecular complexity index is 861. The van der Waals surface area contributed by atoms with E-state index in [2.05, 4.69) is 33.3 Å². The molecule has 1 aliphatic heterocycles. The van der Waals surface area contributed by atoms with Crippen molar-refractivity contribution >= 4 is 22.4 Å². The van der Waals surface area contributed by atoms with E-state index in [-0.39, 0.29) is 0 Å². The van der Waals surface area contributed by atoms with Crippen LogP contribution in [0.5, 0.6) is 0 Å². The number of morpholine rings is 1. The molecule has 1 saturated heterocycles. The normalized spacial score (nSPS) is 24.9. The molecule has 5 rings (SSSR count). The van der Waals surface area contributed by atoms with Crippen molar-refractivity contribution in [3.8, 4) is 10.4 Å². The molecule has 0 amide bonds. The summed E-state index contributed by atoms with van der Waals surface area (Å²) in [5.41, 5.74) is 5.47. The highest BCUT2D eigenvalue weighted by Gasteiger charge is 2.28. The molecule has 2 fully saturated rings. The van der Waals surface area contributed by atoms with Crippen LogP contribution in [0.3, 0.4) is 0 Å².